The summed E-state index contributed by atoms with van der Waals surface area (Å²) in [6.45, 7) is 1.89. The van der Waals surface area contributed by atoms with E-state index < -0.39 is 4.92 Å². The zero-order valence-electron chi connectivity index (χ0n) is 17.8. The molecule has 1 N–H and O–H groups in total. The Hall–Kier alpha value is -1.80. The molecule has 1 unspecified atom stereocenters. The largest absolute Gasteiger partial charge is 0.496 e. The van der Waals surface area contributed by atoms with Gasteiger partial charge < -0.3 is 10.1 Å². The number of nitrogens with one attached hydrogen (secondary N) is 1. The molecule has 7 nitrogen and oxygen atoms in total. The van der Waals surface area contributed by atoms with Gasteiger partial charge in [0.05, 0.1) is 22.5 Å². The molecule has 4 rings (SSSR count). The Balaban J connectivity index is 1.46. The van der Waals surface area contributed by atoms with Gasteiger partial charge in [-0.05, 0) is 50.2 Å². The summed E-state index contributed by atoms with van der Waals surface area (Å²) in [7, 11) is 1.49. The van der Waals surface area contributed by atoms with Crippen molar-refractivity contribution >= 4 is 23.4 Å². The number of fused-ring (bicyclic) bond motifs is 2. The molecule has 2 saturated carbocycles. The van der Waals surface area contributed by atoms with Crippen LogP contribution >= 0.6 is 11.8 Å². The molecule has 1 amide bonds. The highest BCUT2D eigenvalue weighted by Crippen LogP contribution is 2.43. The van der Waals surface area contributed by atoms with E-state index in [1.165, 1.54) is 63.5 Å². The van der Waals surface area contributed by atoms with Gasteiger partial charge in [-0.25, -0.2) is 0 Å². The fourth-order valence-corrected chi connectivity index (χ4v) is 6.45. The molecular weight excluding hydrogens is 402 g/mol. The second-order valence-corrected chi connectivity index (χ2v) is 9.66. The van der Waals surface area contributed by atoms with Crippen molar-refractivity contribution in [2.75, 3.05) is 26.5 Å². The van der Waals surface area contributed by atoms with Crippen LogP contribution in [0, 0.1) is 22.0 Å². The minimum atomic E-state index is -0.443. The van der Waals surface area contributed by atoms with Crippen molar-refractivity contribution in [2.24, 2.45) is 11.8 Å². The number of carbonyl (C=O) groups is 1. The van der Waals surface area contributed by atoms with Gasteiger partial charge in [0.25, 0.3) is 11.6 Å². The van der Waals surface area contributed by atoms with Gasteiger partial charge in [-0.3, -0.25) is 19.8 Å². The van der Waals surface area contributed by atoms with Crippen LogP contribution in [0.5, 0.6) is 5.75 Å². The molecule has 1 atom stereocenters. The number of amides is 1. The van der Waals surface area contributed by atoms with Crippen molar-refractivity contribution in [2.45, 2.75) is 61.9 Å². The van der Waals surface area contributed by atoms with E-state index in [0.717, 1.165) is 31.3 Å². The number of thioether (sulfide) groups is 1. The van der Waals surface area contributed by atoms with Crippen LogP contribution in [0.2, 0.25) is 0 Å². The average Bonchev–Trinajstić information content (AvgIpc) is 3.20. The number of methoxy groups -OCH3 is 1. The van der Waals surface area contributed by atoms with Crippen molar-refractivity contribution in [1.82, 2.24) is 10.2 Å². The van der Waals surface area contributed by atoms with Crippen molar-refractivity contribution < 1.29 is 14.5 Å². The first-order valence-corrected chi connectivity index (χ1v) is 12.2. The normalized spacial score (nSPS) is 28.9. The maximum Gasteiger partial charge on any atom is 0.283 e. The molecule has 3 aliphatic rings. The van der Waals surface area contributed by atoms with Gasteiger partial charge in [0.1, 0.15) is 5.75 Å². The van der Waals surface area contributed by atoms with Crippen molar-refractivity contribution in [3.63, 3.8) is 0 Å². The third kappa shape index (κ3) is 4.17. The highest BCUT2D eigenvalue weighted by molar-refractivity contribution is 7.98. The van der Waals surface area contributed by atoms with E-state index in [4.69, 9.17) is 4.74 Å². The molecule has 1 aromatic carbocycles. The monoisotopic (exact) mass is 433 g/mol. The Labute approximate surface area is 182 Å². The number of rotatable bonds is 6. The van der Waals surface area contributed by atoms with Gasteiger partial charge in [-0.2, -0.15) is 0 Å². The van der Waals surface area contributed by atoms with Crippen molar-refractivity contribution in [3.05, 3.63) is 27.8 Å². The fourth-order valence-electron chi connectivity index (χ4n) is 5.88. The molecule has 1 heterocycles. The second-order valence-electron chi connectivity index (χ2n) is 8.81. The van der Waals surface area contributed by atoms with Crippen LogP contribution in [0.3, 0.4) is 0 Å². The smallest absolute Gasteiger partial charge is 0.283 e. The third-order valence-electron chi connectivity index (χ3n) is 7.18. The maximum absolute atomic E-state index is 13.0. The molecule has 1 aliphatic heterocycles. The first-order chi connectivity index (χ1) is 14.5. The van der Waals surface area contributed by atoms with E-state index in [9.17, 15) is 14.9 Å². The van der Waals surface area contributed by atoms with E-state index in [2.05, 4.69) is 10.2 Å². The van der Waals surface area contributed by atoms with Gasteiger partial charge in [-0.1, -0.05) is 12.8 Å². The SMILES string of the molecule is COc1cc(SC)c([N+](=O)[O-])cc1C(=O)NC1CCN(C2C3CCCC2CCC3)C1. The lowest BCUT2D eigenvalue weighted by atomic mass is 9.68. The highest BCUT2D eigenvalue weighted by atomic mass is 32.2. The molecule has 1 saturated heterocycles. The molecule has 0 spiro atoms. The first-order valence-electron chi connectivity index (χ1n) is 11.0. The molecular formula is C22H31N3O4S. The second kappa shape index (κ2) is 9.14. The summed E-state index contributed by atoms with van der Waals surface area (Å²) in [6.07, 6.45) is 10.8. The molecule has 2 bridgehead atoms. The summed E-state index contributed by atoms with van der Waals surface area (Å²) in [4.78, 5) is 27.1. The number of nitro groups is 1. The van der Waals surface area contributed by atoms with E-state index in [1.807, 2.05) is 0 Å². The minimum Gasteiger partial charge on any atom is -0.496 e. The number of nitro benzene ring substituents is 1. The Morgan fingerprint density at radius 2 is 1.87 bits per heavy atom. The van der Waals surface area contributed by atoms with Gasteiger partial charge in [0.15, 0.2) is 0 Å². The lowest BCUT2D eigenvalue weighted by Crippen LogP contribution is -2.50. The topological polar surface area (TPSA) is 84.7 Å². The number of ether oxygens (including phenoxy) is 1. The van der Waals surface area contributed by atoms with Crippen LogP contribution in [0.15, 0.2) is 17.0 Å². The van der Waals surface area contributed by atoms with Crippen molar-refractivity contribution in [3.8, 4) is 5.75 Å². The minimum absolute atomic E-state index is 0.0588. The number of benzene rings is 1. The number of hydrogen-bond donors (Lipinski definition) is 1. The predicted molar refractivity (Wildman–Crippen MR) is 117 cm³/mol. The van der Waals surface area contributed by atoms with Crippen LogP contribution in [0.1, 0.15) is 55.3 Å². The first kappa shape index (κ1) is 21.4. The molecule has 30 heavy (non-hydrogen) atoms. The van der Waals surface area contributed by atoms with Crippen molar-refractivity contribution in [1.29, 1.82) is 0 Å². The molecule has 0 aromatic heterocycles. The standard InChI is InChI=1S/C22H31N3O4S/c1-29-19-12-20(30-2)18(25(27)28)11-17(19)22(26)23-16-9-10-24(13-16)21-14-5-3-6-15(21)8-4-7-14/h11-12,14-16,21H,3-10,13H2,1-2H3,(H,23,26). The van der Waals surface area contributed by atoms with Crippen LogP contribution in [0.25, 0.3) is 0 Å². The van der Waals surface area contributed by atoms with Crippen LogP contribution in [-0.4, -0.2) is 54.3 Å². The fraction of sp³-hybridized carbons (Fsp3) is 0.682. The summed E-state index contributed by atoms with van der Waals surface area (Å²) in [6, 6.07) is 3.68. The number of carbonyl (C=O) groups excluding carboxylic acids is 1. The molecule has 3 fully saturated rings. The van der Waals surface area contributed by atoms with Gasteiger partial charge in [0, 0.05) is 37.3 Å². The molecule has 0 radical (unpaired) electrons. The number of likely N-dealkylation sites (tertiary alicyclic amines) is 1. The molecule has 2 aliphatic carbocycles. The van der Waals surface area contributed by atoms with Crippen LogP contribution in [-0.2, 0) is 0 Å². The Morgan fingerprint density at radius 3 is 2.43 bits per heavy atom. The summed E-state index contributed by atoms with van der Waals surface area (Å²) in [5.74, 6) is 1.71. The molecule has 8 heteroatoms. The average molecular weight is 434 g/mol. The Kier molecular flexibility index (Phi) is 6.53. The quantitative estimate of drug-likeness (QED) is 0.413. The van der Waals surface area contributed by atoms with Gasteiger partial charge in [0.2, 0.25) is 0 Å². The van der Waals surface area contributed by atoms with Crippen LogP contribution < -0.4 is 10.1 Å². The van der Waals surface area contributed by atoms with E-state index in [-0.39, 0.29) is 23.2 Å². The zero-order valence-corrected chi connectivity index (χ0v) is 18.6. The number of nitrogens with zero attached hydrogens (tertiary/aromatic N) is 2. The van der Waals surface area contributed by atoms with E-state index in [1.54, 1.807) is 12.3 Å². The number of hydrogen-bond acceptors (Lipinski definition) is 6. The van der Waals surface area contributed by atoms with E-state index in [0.29, 0.717) is 16.7 Å². The zero-order chi connectivity index (χ0) is 21.3. The Morgan fingerprint density at radius 1 is 1.20 bits per heavy atom. The van der Waals surface area contributed by atoms with Gasteiger partial charge >= 0.3 is 0 Å². The molecule has 164 valence electrons. The Bertz CT molecular complexity index is 796. The summed E-state index contributed by atoms with van der Waals surface area (Å²) in [5, 5.41) is 14.5. The lowest BCUT2D eigenvalue weighted by Gasteiger charge is -2.47. The van der Waals surface area contributed by atoms with Crippen LogP contribution in [0.4, 0.5) is 5.69 Å². The third-order valence-corrected chi connectivity index (χ3v) is 7.95. The maximum atomic E-state index is 13.0. The summed E-state index contributed by atoms with van der Waals surface area (Å²) >= 11 is 1.27. The van der Waals surface area contributed by atoms with E-state index >= 15 is 0 Å². The summed E-state index contributed by atoms with van der Waals surface area (Å²) < 4.78 is 5.37. The lowest BCUT2D eigenvalue weighted by molar-refractivity contribution is -0.387. The predicted octanol–water partition coefficient (Wildman–Crippen LogP) is 4.10. The highest BCUT2D eigenvalue weighted by Gasteiger charge is 2.42. The summed E-state index contributed by atoms with van der Waals surface area (Å²) in [5.41, 5.74) is 0.173. The molecule has 1 aromatic rings. The van der Waals surface area contributed by atoms with Gasteiger partial charge in [-0.15, -0.1) is 11.8 Å².